The number of nitrogens with zero attached hydrogens (tertiary/aromatic N) is 2. The Hall–Kier alpha value is -3.09. The van der Waals surface area contributed by atoms with Crippen LogP contribution in [0.3, 0.4) is 0 Å². The third kappa shape index (κ3) is 3.08. The van der Waals surface area contributed by atoms with Crippen LogP contribution in [0.15, 0.2) is 36.4 Å². The topological polar surface area (TPSA) is 81.9 Å². The number of hydrogen-bond acceptors (Lipinski definition) is 5. The number of hydrogen-bond donors (Lipinski definition) is 0. The van der Waals surface area contributed by atoms with Gasteiger partial charge in [-0.2, -0.15) is 0 Å². The highest BCUT2D eigenvalue weighted by Crippen LogP contribution is 2.38. The van der Waals surface area contributed by atoms with Crippen molar-refractivity contribution in [3.05, 3.63) is 63.2 Å². The lowest BCUT2D eigenvalue weighted by molar-refractivity contribution is -0.384. The summed E-state index contributed by atoms with van der Waals surface area (Å²) in [6, 6.07) is 9.43. The second-order valence-electron chi connectivity index (χ2n) is 6.13. The molecule has 0 saturated carbocycles. The van der Waals surface area contributed by atoms with E-state index in [1.165, 1.54) is 24.3 Å². The molecule has 1 aliphatic rings. The van der Waals surface area contributed by atoms with Gasteiger partial charge in [0, 0.05) is 24.2 Å². The van der Waals surface area contributed by atoms with Crippen LogP contribution in [-0.2, 0) is 6.42 Å². The van der Waals surface area contributed by atoms with E-state index in [2.05, 4.69) is 0 Å². The molecule has 0 fully saturated rings. The van der Waals surface area contributed by atoms with Crippen molar-refractivity contribution >= 4 is 11.6 Å². The Morgan fingerprint density at radius 2 is 1.77 bits per heavy atom. The van der Waals surface area contributed by atoms with Crippen LogP contribution in [0.1, 0.15) is 34.5 Å². The number of benzene rings is 2. The highest BCUT2D eigenvalue weighted by atomic mass is 16.6. The van der Waals surface area contributed by atoms with Crippen molar-refractivity contribution in [1.29, 1.82) is 0 Å². The third-order valence-corrected chi connectivity index (χ3v) is 4.77. The van der Waals surface area contributed by atoms with Gasteiger partial charge in [-0.25, -0.2) is 0 Å². The Kier molecular flexibility index (Phi) is 4.79. The van der Waals surface area contributed by atoms with Crippen LogP contribution >= 0.6 is 0 Å². The summed E-state index contributed by atoms with van der Waals surface area (Å²) < 4.78 is 10.7. The van der Waals surface area contributed by atoms with Crippen molar-refractivity contribution in [3.63, 3.8) is 0 Å². The molecule has 1 heterocycles. The van der Waals surface area contributed by atoms with E-state index in [1.54, 1.807) is 19.1 Å². The minimum absolute atomic E-state index is 0.0320. The minimum Gasteiger partial charge on any atom is -0.493 e. The van der Waals surface area contributed by atoms with Crippen LogP contribution in [0.2, 0.25) is 0 Å². The maximum atomic E-state index is 12.9. The fourth-order valence-electron chi connectivity index (χ4n) is 3.31. The fraction of sp³-hybridized carbons (Fsp3) is 0.316. The molecule has 0 N–H and O–H groups in total. The van der Waals surface area contributed by atoms with Crippen LogP contribution in [0.4, 0.5) is 5.69 Å². The number of carbonyl (C=O) groups excluding carboxylic acids is 1. The molecule has 3 rings (SSSR count). The first-order valence-corrected chi connectivity index (χ1v) is 8.26. The zero-order chi connectivity index (χ0) is 18.8. The molecule has 1 aliphatic heterocycles. The van der Waals surface area contributed by atoms with E-state index >= 15 is 0 Å². The SMILES string of the molecule is COc1cc2c(cc1OC)C(C)N(C(=O)c1ccc([N+](=O)[O-])cc1)CC2. The number of nitro benzene ring substituents is 1. The summed E-state index contributed by atoms with van der Waals surface area (Å²) in [5.41, 5.74) is 2.55. The van der Waals surface area contributed by atoms with Gasteiger partial charge in [-0.3, -0.25) is 14.9 Å². The van der Waals surface area contributed by atoms with Gasteiger partial charge in [-0.15, -0.1) is 0 Å². The monoisotopic (exact) mass is 356 g/mol. The van der Waals surface area contributed by atoms with Gasteiger partial charge in [0.05, 0.1) is 25.2 Å². The lowest BCUT2D eigenvalue weighted by Gasteiger charge is -2.35. The second kappa shape index (κ2) is 7.03. The van der Waals surface area contributed by atoms with E-state index in [0.717, 1.165) is 11.1 Å². The summed E-state index contributed by atoms with van der Waals surface area (Å²) in [5, 5.41) is 10.8. The average Bonchev–Trinajstić information content (AvgIpc) is 2.67. The average molecular weight is 356 g/mol. The quantitative estimate of drug-likeness (QED) is 0.620. The van der Waals surface area contributed by atoms with Crippen molar-refractivity contribution in [2.45, 2.75) is 19.4 Å². The van der Waals surface area contributed by atoms with Crippen molar-refractivity contribution in [2.24, 2.45) is 0 Å². The number of amides is 1. The first kappa shape index (κ1) is 17.7. The molecule has 0 aliphatic carbocycles. The summed E-state index contributed by atoms with van der Waals surface area (Å²) in [6.07, 6.45) is 0.707. The van der Waals surface area contributed by atoms with E-state index in [4.69, 9.17) is 9.47 Å². The number of ether oxygens (including phenoxy) is 2. The Bertz CT molecular complexity index is 848. The van der Waals surface area contributed by atoms with Crippen LogP contribution in [0.5, 0.6) is 11.5 Å². The zero-order valence-electron chi connectivity index (χ0n) is 14.9. The van der Waals surface area contributed by atoms with Crippen molar-refractivity contribution < 1.29 is 19.2 Å². The predicted octanol–water partition coefficient (Wildman–Crippen LogP) is 3.37. The molecule has 1 unspecified atom stereocenters. The zero-order valence-corrected chi connectivity index (χ0v) is 14.9. The molecule has 0 saturated heterocycles. The van der Waals surface area contributed by atoms with E-state index in [0.29, 0.717) is 30.0 Å². The maximum absolute atomic E-state index is 12.9. The van der Waals surface area contributed by atoms with E-state index < -0.39 is 4.92 Å². The molecular formula is C19H20N2O5. The lowest BCUT2D eigenvalue weighted by atomic mass is 9.92. The predicted molar refractivity (Wildman–Crippen MR) is 95.8 cm³/mol. The van der Waals surface area contributed by atoms with Gasteiger partial charge in [0.15, 0.2) is 11.5 Å². The van der Waals surface area contributed by atoms with Crippen LogP contribution < -0.4 is 9.47 Å². The summed E-state index contributed by atoms with van der Waals surface area (Å²) >= 11 is 0. The molecule has 2 aromatic rings. The van der Waals surface area contributed by atoms with Crippen molar-refractivity contribution in [1.82, 2.24) is 4.90 Å². The summed E-state index contributed by atoms with van der Waals surface area (Å²) in [4.78, 5) is 24.9. The molecule has 0 spiro atoms. The number of carbonyl (C=O) groups is 1. The van der Waals surface area contributed by atoms with Gasteiger partial charge < -0.3 is 14.4 Å². The molecule has 0 radical (unpaired) electrons. The molecule has 0 bridgehead atoms. The molecule has 136 valence electrons. The number of methoxy groups -OCH3 is 2. The smallest absolute Gasteiger partial charge is 0.269 e. The largest absolute Gasteiger partial charge is 0.493 e. The fourth-order valence-corrected chi connectivity index (χ4v) is 3.31. The molecule has 1 amide bonds. The molecule has 7 nitrogen and oxygen atoms in total. The van der Waals surface area contributed by atoms with Gasteiger partial charge in [0.2, 0.25) is 0 Å². The Morgan fingerprint density at radius 1 is 1.15 bits per heavy atom. The number of nitro groups is 1. The van der Waals surface area contributed by atoms with E-state index in [-0.39, 0.29) is 17.6 Å². The summed E-state index contributed by atoms with van der Waals surface area (Å²) in [6.45, 7) is 2.53. The highest BCUT2D eigenvalue weighted by Gasteiger charge is 2.30. The van der Waals surface area contributed by atoms with Gasteiger partial charge >= 0.3 is 0 Å². The molecular weight excluding hydrogens is 336 g/mol. The summed E-state index contributed by atoms with van der Waals surface area (Å²) in [7, 11) is 3.18. The Labute approximate surface area is 151 Å². The van der Waals surface area contributed by atoms with Crippen LogP contribution in [0.25, 0.3) is 0 Å². The lowest BCUT2D eigenvalue weighted by Crippen LogP contribution is -2.38. The number of non-ortho nitro benzene ring substituents is 1. The van der Waals surface area contributed by atoms with Crippen molar-refractivity contribution in [2.75, 3.05) is 20.8 Å². The normalized spacial score (nSPS) is 16.0. The Balaban J connectivity index is 1.89. The third-order valence-electron chi connectivity index (χ3n) is 4.77. The van der Waals surface area contributed by atoms with Crippen LogP contribution in [0, 0.1) is 10.1 Å². The van der Waals surface area contributed by atoms with Gasteiger partial charge in [0.1, 0.15) is 0 Å². The van der Waals surface area contributed by atoms with Crippen LogP contribution in [-0.4, -0.2) is 36.5 Å². The van der Waals surface area contributed by atoms with Crippen molar-refractivity contribution in [3.8, 4) is 11.5 Å². The number of fused-ring (bicyclic) bond motifs is 1. The van der Waals surface area contributed by atoms with Gasteiger partial charge in [-0.05, 0) is 48.7 Å². The van der Waals surface area contributed by atoms with Gasteiger partial charge in [-0.1, -0.05) is 0 Å². The first-order chi connectivity index (χ1) is 12.5. The van der Waals surface area contributed by atoms with E-state index in [9.17, 15) is 14.9 Å². The number of rotatable bonds is 4. The minimum atomic E-state index is -0.478. The summed E-state index contributed by atoms with van der Waals surface area (Å²) in [5.74, 6) is 1.16. The molecule has 26 heavy (non-hydrogen) atoms. The second-order valence-corrected chi connectivity index (χ2v) is 6.13. The first-order valence-electron chi connectivity index (χ1n) is 8.26. The molecule has 2 aromatic carbocycles. The molecule has 7 heteroatoms. The molecule has 0 aromatic heterocycles. The van der Waals surface area contributed by atoms with E-state index in [1.807, 2.05) is 19.1 Å². The Morgan fingerprint density at radius 3 is 2.35 bits per heavy atom. The van der Waals surface area contributed by atoms with Gasteiger partial charge in [0.25, 0.3) is 11.6 Å². The maximum Gasteiger partial charge on any atom is 0.269 e. The standard InChI is InChI=1S/C19H20N2O5/c1-12-16-11-18(26-3)17(25-2)10-14(16)8-9-20(12)19(22)13-4-6-15(7-5-13)21(23)24/h4-7,10-12H,8-9H2,1-3H3. The highest BCUT2D eigenvalue weighted by molar-refractivity contribution is 5.95. The molecule has 1 atom stereocenters.